The van der Waals surface area contributed by atoms with Crippen molar-refractivity contribution in [2.75, 3.05) is 0 Å². The van der Waals surface area contributed by atoms with E-state index >= 15 is 0 Å². The van der Waals surface area contributed by atoms with Gasteiger partial charge in [-0.2, -0.15) is 0 Å². The zero-order chi connectivity index (χ0) is 13.9. The number of aromatic nitrogens is 1. The van der Waals surface area contributed by atoms with Crippen molar-refractivity contribution in [1.82, 2.24) is 4.98 Å². The van der Waals surface area contributed by atoms with Gasteiger partial charge in [-0.15, -0.1) is 0 Å². The highest BCUT2D eigenvalue weighted by Gasteiger charge is 2.06. The molecule has 0 amide bonds. The van der Waals surface area contributed by atoms with E-state index in [4.69, 9.17) is 0 Å². The molecule has 0 saturated carbocycles. The van der Waals surface area contributed by atoms with Crippen molar-refractivity contribution in [3.8, 4) is 0 Å². The molecule has 98 valence electrons. The van der Waals surface area contributed by atoms with Crippen LogP contribution >= 0.6 is 0 Å². The molecule has 0 unspecified atom stereocenters. The molecule has 0 atom stereocenters. The maximum atomic E-state index is 11.8. The zero-order valence-corrected chi connectivity index (χ0v) is 10.8. The maximum absolute atomic E-state index is 11.8. The molecule has 3 rings (SSSR count). The smallest absolute Gasteiger partial charge is 0.259 e. The van der Waals surface area contributed by atoms with Gasteiger partial charge in [0, 0.05) is 0 Å². The third-order valence-electron chi connectivity index (χ3n) is 3.36. The van der Waals surface area contributed by atoms with Crippen LogP contribution in [-0.4, -0.2) is 11.3 Å². The van der Waals surface area contributed by atoms with E-state index in [2.05, 4.69) is 17.1 Å². The van der Waals surface area contributed by atoms with Crippen LogP contribution in [-0.2, 0) is 6.42 Å². The zero-order valence-electron chi connectivity index (χ0n) is 10.8. The predicted molar refractivity (Wildman–Crippen MR) is 79.2 cm³/mol. The van der Waals surface area contributed by atoms with Crippen LogP contribution in [0.4, 0.5) is 0 Å². The first-order valence-corrected chi connectivity index (χ1v) is 6.42. The number of para-hydroxylation sites is 1. The Bertz CT molecular complexity index is 819. The Morgan fingerprint density at radius 3 is 2.55 bits per heavy atom. The van der Waals surface area contributed by atoms with Crippen molar-refractivity contribution < 1.29 is 4.79 Å². The van der Waals surface area contributed by atoms with Crippen LogP contribution in [0, 0.1) is 0 Å². The van der Waals surface area contributed by atoms with Crippen LogP contribution < -0.4 is 5.56 Å². The molecule has 0 spiro atoms. The lowest BCUT2D eigenvalue weighted by molar-refractivity contribution is 0.112. The lowest BCUT2D eigenvalue weighted by atomic mass is 10.0. The number of nitrogens with one attached hydrogen (secondary N) is 1. The number of pyridine rings is 1. The fourth-order valence-corrected chi connectivity index (χ4v) is 2.36. The van der Waals surface area contributed by atoms with E-state index in [1.807, 2.05) is 36.4 Å². The number of carbonyl (C=O) groups excluding carboxylic acids is 1. The van der Waals surface area contributed by atoms with Gasteiger partial charge in [-0.05, 0) is 29.0 Å². The number of fused-ring (bicyclic) bond motifs is 1. The summed E-state index contributed by atoms with van der Waals surface area (Å²) in [7, 11) is 0. The number of hydrogen-bond donors (Lipinski definition) is 1. The van der Waals surface area contributed by atoms with Gasteiger partial charge in [0.15, 0.2) is 6.29 Å². The molecule has 1 N–H and O–H groups in total. The molecule has 2 aromatic carbocycles. The number of H-pyrrole nitrogens is 1. The molecule has 1 heterocycles. The minimum absolute atomic E-state index is 0.161. The molecule has 0 saturated heterocycles. The van der Waals surface area contributed by atoms with Gasteiger partial charge in [-0.1, -0.05) is 48.5 Å². The Balaban J connectivity index is 2.14. The first kappa shape index (κ1) is 12.4. The van der Waals surface area contributed by atoms with Crippen LogP contribution in [0.1, 0.15) is 21.5 Å². The largest absolute Gasteiger partial charge is 0.321 e. The minimum atomic E-state index is -0.340. The van der Waals surface area contributed by atoms with Gasteiger partial charge in [-0.3, -0.25) is 9.59 Å². The molecule has 3 heteroatoms. The van der Waals surface area contributed by atoms with Crippen molar-refractivity contribution in [3.05, 3.63) is 81.6 Å². The Morgan fingerprint density at radius 2 is 1.80 bits per heavy atom. The number of rotatable bonds is 3. The van der Waals surface area contributed by atoms with Crippen molar-refractivity contribution in [3.63, 3.8) is 0 Å². The van der Waals surface area contributed by atoms with Gasteiger partial charge in [0.05, 0.1) is 11.1 Å². The quantitative estimate of drug-likeness (QED) is 0.739. The lowest BCUT2D eigenvalue weighted by Crippen LogP contribution is -2.12. The fourth-order valence-electron chi connectivity index (χ4n) is 2.36. The molecule has 3 aromatic rings. The molecule has 0 aliphatic heterocycles. The topological polar surface area (TPSA) is 49.9 Å². The number of aldehydes is 1. The van der Waals surface area contributed by atoms with Gasteiger partial charge in [0.1, 0.15) is 0 Å². The van der Waals surface area contributed by atoms with E-state index in [-0.39, 0.29) is 11.1 Å². The summed E-state index contributed by atoms with van der Waals surface area (Å²) in [6.45, 7) is 0. The molecule has 1 aromatic heterocycles. The summed E-state index contributed by atoms with van der Waals surface area (Å²) in [6.07, 6.45) is 1.33. The van der Waals surface area contributed by atoms with Gasteiger partial charge < -0.3 is 4.98 Å². The molecule has 0 fully saturated rings. The first-order valence-electron chi connectivity index (χ1n) is 6.42. The molecular formula is C17H13NO2. The van der Waals surface area contributed by atoms with E-state index in [1.54, 1.807) is 6.07 Å². The predicted octanol–water partition coefficient (Wildman–Crippen LogP) is 2.93. The fraction of sp³-hybridized carbons (Fsp3) is 0.0588. The molecule has 3 nitrogen and oxygen atoms in total. The number of carbonyl (C=O) groups is 1. The summed E-state index contributed by atoms with van der Waals surface area (Å²) < 4.78 is 0. The maximum Gasteiger partial charge on any atom is 0.259 e. The summed E-state index contributed by atoms with van der Waals surface area (Å²) in [6, 6.07) is 17.5. The summed E-state index contributed by atoms with van der Waals surface area (Å²) >= 11 is 0. The Hall–Kier alpha value is -2.68. The highest BCUT2D eigenvalue weighted by atomic mass is 16.1. The molecule has 20 heavy (non-hydrogen) atoms. The summed E-state index contributed by atoms with van der Waals surface area (Å²) in [4.78, 5) is 25.4. The lowest BCUT2D eigenvalue weighted by Gasteiger charge is -2.07. The van der Waals surface area contributed by atoms with Gasteiger partial charge in [-0.25, -0.2) is 0 Å². The summed E-state index contributed by atoms with van der Waals surface area (Å²) in [5.41, 5.74) is 2.85. The average Bonchev–Trinajstić information content (AvgIpc) is 2.48. The molecule has 0 aliphatic carbocycles. The van der Waals surface area contributed by atoms with E-state index in [1.165, 1.54) is 5.56 Å². The molecule has 0 aliphatic rings. The highest BCUT2D eigenvalue weighted by molar-refractivity contribution is 5.87. The third-order valence-corrected chi connectivity index (χ3v) is 3.36. The average molecular weight is 263 g/mol. The minimum Gasteiger partial charge on any atom is -0.321 e. The third kappa shape index (κ3) is 2.26. The van der Waals surface area contributed by atoms with Crippen LogP contribution in [0.15, 0.2) is 59.4 Å². The van der Waals surface area contributed by atoms with Crippen LogP contribution in [0.2, 0.25) is 0 Å². The summed E-state index contributed by atoms with van der Waals surface area (Å²) in [5, 5.41) is 0.875. The number of benzene rings is 2. The van der Waals surface area contributed by atoms with Crippen LogP contribution in [0.5, 0.6) is 0 Å². The SMILES string of the molecule is O=Cc1cc2cccc(Cc3ccccc3)c2[nH]c1=O. The first-order chi connectivity index (χ1) is 9.78. The second-order valence-corrected chi connectivity index (χ2v) is 4.72. The summed E-state index contributed by atoms with van der Waals surface area (Å²) in [5.74, 6) is 0. The van der Waals surface area contributed by atoms with Crippen LogP contribution in [0.3, 0.4) is 0 Å². The van der Waals surface area contributed by atoms with Gasteiger partial charge >= 0.3 is 0 Å². The van der Waals surface area contributed by atoms with E-state index in [9.17, 15) is 9.59 Å². The number of aromatic amines is 1. The van der Waals surface area contributed by atoms with E-state index in [0.29, 0.717) is 6.29 Å². The Kier molecular flexibility index (Phi) is 3.17. The van der Waals surface area contributed by atoms with Crippen molar-refractivity contribution >= 4 is 17.2 Å². The van der Waals surface area contributed by atoms with E-state index in [0.717, 1.165) is 22.9 Å². The second kappa shape index (κ2) is 5.13. The Labute approximate surface area is 115 Å². The van der Waals surface area contributed by atoms with Crippen molar-refractivity contribution in [2.45, 2.75) is 6.42 Å². The Morgan fingerprint density at radius 1 is 1.00 bits per heavy atom. The van der Waals surface area contributed by atoms with Crippen molar-refractivity contribution in [1.29, 1.82) is 0 Å². The normalized spacial score (nSPS) is 10.6. The van der Waals surface area contributed by atoms with Gasteiger partial charge in [0.25, 0.3) is 5.56 Å². The molecule has 0 bridgehead atoms. The van der Waals surface area contributed by atoms with E-state index < -0.39 is 0 Å². The number of hydrogen-bond acceptors (Lipinski definition) is 2. The second-order valence-electron chi connectivity index (χ2n) is 4.72. The highest BCUT2D eigenvalue weighted by Crippen LogP contribution is 2.19. The monoisotopic (exact) mass is 263 g/mol. The van der Waals surface area contributed by atoms with Crippen LogP contribution in [0.25, 0.3) is 10.9 Å². The molecule has 0 radical (unpaired) electrons. The van der Waals surface area contributed by atoms with Gasteiger partial charge in [0.2, 0.25) is 0 Å². The standard InChI is InChI=1S/C17H13NO2/c19-11-15-10-14-8-4-7-13(16(14)18-17(15)20)9-12-5-2-1-3-6-12/h1-8,10-11H,9H2,(H,18,20). The molecular weight excluding hydrogens is 250 g/mol. The van der Waals surface area contributed by atoms with Crippen molar-refractivity contribution in [2.24, 2.45) is 0 Å².